The van der Waals surface area contributed by atoms with Crippen LogP contribution in [0.15, 0.2) is 66.0 Å². The van der Waals surface area contributed by atoms with Crippen LogP contribution in [0, 0.1) is 17.6 Å². The van der Waals surface area contributed by atoms with Gasteiger partial charge in [0, 0.05) is 24.3 Å². The van der Waals surface area contributed by atoms with Crippen LogP contribution in [-0.2, 0) is 9.47 Å². The van der Waals surface area contributed by atoms with Crippen LogP contribution in [0.5, 0.6) is 0 Å². The molecular weight excluding hydrogens is 472 g/mol. The molecule has 3 fully saturated rings. The summed E-state index contributed by atoms with van der Waals surface area (Å²) in [5.41, 5.74) is 0.931. The number of carbonyl (C=O) groups is 2. The van der Waals surface area contributed by atoms with E-state index in [2.05, 4.69) is 0 Å². The molecule has 1 aromatic heterocycles. The van der Waals surface area contributed by atoms with Crippen molar-refractivity contribution in [1.29, 1.82) is 0 Å². The van der Waals surface area contributed by atoms with E-state index in [1.165, 1.54) is 53.8 Å². The molecule has 3 aromatic rings. The van der Waals surface area contributed by atoms with Gasteiger partial charge in [0.2, 0.25) is 5.78 Å². The molecule has 2 aromatic carbocycles. The fraction of sp³-hybridized carbons (Fsp3) is 0.333. The number of quaternary nitrogens is 1. The van der Waals surface area contributed by atoms with E-state index in [4.69, 9.17) is 9.47 Å². The maximum atomic E-state index is 13.9. The Morgan fingerprint density at radius 1 is 0.971 bits per heavy atom. The van der Waals surface area contributed by atoms with E-state index in [0.29, 0.717) is 28.7 Å². The van der Waals surface area contributed by atoms with Gasteiger partial charge in [0.15, 0.2) is 12.2 Å². The number of nitrogens with zero attached hydrogens (tertiary/aromatic N) is 1. The van der Waals surface area contributed by atoms with E-state index in [9.17, 15) is 18.4 Å². The highest BCUT2D eigenvalue weighted by atomic mass is 32.1. The van der Waals surface area contributed by atoms with E-state index >= 15 is 0 Å². The van der Waals surface area contributed by atoms with Crippen LogP contribution in [-0.4, -0.2) is 48.7 Å². The maximum Gasteiger partial charge on any atom is 0.509 e. The first-order chi connectivity index (χ1) is 16.9. The minimum absolute atomic E-state index is 0.115. The lowest BCUT2D eigenvalue weighted by Crippen LogP contribution is -2.65. The van der Waals surface area contributed by atoms with Gasteiger partial charge in [-0.3, -0.25) is 4.79 Å². The molecule has 0 radical (unpaired) electrons. The average molecular weight is 499 g/mol. The van der Waals surface area contributed by atoms with Gasteiger partial charge < -0.3 is 14.0 Å². The number of thiophene rings is 1. The molecule has 3 saturated heterocycles. The highest BCUT2D eigenvalue weighted by molar-refractivity contribution is 7.12. The quantitative estimate of drug-likeness (QED) is 0.236. The van der Waals surface area contributed by atoms with Gasteiger partial charge in [0.1, 0.15) is 24.7 Å². The normalized spacial score (nSPS) is 24.1. The van der Waals surface area contributed by atoms with Crippen molar-refractivity contribution in [2.45, 2.75) is 25.0 Å². The van der Waals surface area contributed by atoms with Gasteiger partial charge >= 0.3 is 6.16 Å². The number of carbonyl (C=O) groups excluding carboxylic acids is 2. The van der Waals surface area contributed by atoms with Gasteiger partial charge in [0.05, 0.1) is 18.0 Å². The van der Waals surface area contributed by atoms with E-state index in [0.717, 1.165) is 30.8 Å². The fourth-order valence-electron chi connectivity index (χ4n) is 5.28. The molecule has 2 atom stereocenters. The van der Waals surface area contributed by atoms with Gasteiger partial charge in [-0.2, -0.15) is 0 Å². The number of hydrogen-bond acceptors (Lipinski definition) is 5. The molecule has 35 heavy (non-hydrogen) atoms. The lowest BCUT2D eigenvalue weighted by Gasteiger charge is -2.51. The molecule has 8 heteroatoms. The Kier molecular flexibility index (Phi) is 6.67. The van der Waals surface area contributed by atoms with Crippen LogP contribution in [0.3, 0.4) is 0 Å². The van der Waals surface area contributed by atoms with Crippen molar-refractivity contribution in [3.63, 3.8) is 0 Å². The van der Waals surface area contributed by atoms with Gasteiger partial charge in [-0.1, -0.05) is 30.3 Å². The number of benzene rings is 2. The zero-order valence-corrected chi connectivity index (χ0v) is 19.9. The fourth-order valence-corrected chi connectivity index (χ4v) is 5.94. The summed E-state index contributed by atoms with van der Waals surface area (Å²) in [6.45, 7) is 2.73. The first-order valence-corrected chi connectivity index (χ1v) is 12.6. The van der Waals surface area contributed by atoms with Crippen molar-refractivity contribution in [2.24, 2.45) is 5.92 Å². The van der Waals surface area contributed by atoms with E-state index in [1.54, 1.807) is 6.07 Å². The smallest absolute Gasteiger partial charge is 0.425 e. The SMILES string of the molecule is O=C(OC(c1ccc(F)cc1)c1cccc(F)c1)O[C@H]1C[N+]2(CC(=O)c3cccs3)CCC1CC2. The molecule has 2 bridgehead atoms. The number of Topliss-reactive ketones (excluding diaryl/α,β-unsaturated/α-hetero) is 1. The first-order valence-electron chi connectivity index (χ1n) is 11.7. The highest BCUT2D eigenvalue weighted by Gasteiger charge is 2.49. The maximum absolute atomic E-state index is 13.9. The minimum Gasteiger partial charge on any atom is -0.425 e. The third-order valence-corrected chi connectivity index (χ3v) is 8.01. The third kappa shape index (κ3) is 5.28. The second-order valence-corrected chi connectivity index (χ2v) is 10.3. The predicted octanol–water partition coefficient (Wildman–Crippen LogP) is 5.76. The van der Waals surface area contributed by atoms with Crippen molar-refractivity contribution in [1.82, 2.24) is 0 Å². The van der Waals surface area contributed by atoms with Gasteiger partial charge in [-0.15, -0.1) is 11.3 Å². The second-order valence-electron chi connectivity index (χ2n) is 9.38. The van der Waals surface area contributed by atoms with E-state index < -0.39 is 23.9 Å². The highest BCUT2D eigenvalue weighted by Crippen LogP contribution is 2.37. The van der Waals surface area contributed by atoms with Gasteiger partial charge in [0.25, 0.3) is 0 Å². The number of rotatable bonds is 7. The Morgan fingerprint density at radius 3 is 2.43 bits per heavy atom. The van der Waals surface area contributed by atoms with Gasteiger partial charge in [-0.25, -0.2) is 13.6 Å². The summed E-state index contributed by atoms with van der Waals surface area (Å²) in [5, 5.41) is 1.90. The number of ether oxygens (including phenoxy) is 2. The number of halogens is 2. The molecule has 3 aliphatic rings. The average Bonchev–Trinajstić information content (AvgIpc) is 3.39. The Labute approximate surface area is 206 Å². The Hall–Kier alpha value is -3.10. The molecule has 182 valence electrons. The molecule has 1 unspecified atom stereocenters. The summed E-state index contributed by atoms with van der Waals surface area (Å²) in [6, 6.07) is 15.0. The third-order valence-electron chi connectivity index (χ3n) is 7.10. The van der Waals surface area contributed by atoms with Crippen molar-refractivity contribution in [3.8, 4) is 0 Å². The number of fused-ring (bicyclic) bond motifs is 3. The zero-order chi connectivity index (χ0) is 24.4. The van der Waals surface area contributed by atoms with E-state index in [1.807, 2.05) is 17.5 Å². The Bertz CT molecular complexity index is 1190. The van der Waals surface area contributed by atoms with Crippen LogP contribution in [0.25, 0.3) is 0 Å². The zero-order valence-electron chi connectivity index (χ0n) is 19.1. The van der Waals surface area contributed by atoms with Crippen molar-refractivity contribution >= 4 is 23.3 Å². The molecule has 4 heterocycles. The van der Waals surface area contributed by atoms with Gasteiger partial charge in [-0.05, 0) is 41.3 Å². The molecule has 0 N–H and O–H groups in total. The molecule has 0 saturated carbocycles. The van der Waals surface area contributed by atoms with Crippen LogP contribution in [0.2, 0.25) is 0 Å². The lowest BCUT2D eigenvalue weighted by molar-refractivity contribution is -0.938. The molecule has 0 aliphatic carbocycles. The van der Waals surface area contributed by atoms with Crippen LogP contribution in [0.4, 0.5) is 13.6 Å². The number of piperidine rings is 3. The molecule has 0 amide bonds. The van der Waals surface area contributed by atoms with Crippen LogP contribution in [0.1, 0.15) is 39.7 Å². The Balaban J connectivity index is 1.29. The summed E-state index contributed by atoms with van der Waals surface area (Å²) >= 11 is 1.44. The minimum atomic E-state index is -0.941. The molecule has 3 aliphatic heterocycles. The van der Waals surface area contributed by atoms with E-state index in [-0.39, 0.29) is 17.8 Å². The lowest BCUT2D eigenvalue weighted by atomic mass is 9.83. The first kappa shape index (κ1) is 23.6. The summed E-state index contributed by atoms with van der Waals surface area (Å²) in [6.07, 6.45) is -0.405. The number of ketones is 1. The summed E-state index contributed by atoms with van der Waals surface area (Å²) in [7, 11) is 0. The monoisotopic (exact) mass is 498 g/mol. The van der Waals surface area contributed by atoms with Crippen LogP contribution >= 0.6 is 11.3 Å². The number of hydrogen-bond donors (Lipinski definition) is 0. The predicted molar refractivity (Wildman–Crippen MR) is 127 cm³/mol. The topological polar surface area (TPSA) is 52.6 Å². The van der Waals surface area contributed by atoms with Crippen molar-refractivity contribution in [2.75, 3.05) is 26.2 Å². The molecule has 6 rings (SSSR count). The molecule has 5 nitrogen and oxygen atoms in total. The van der Waals surface area contributed by atoms with Crippen molar-refractivity contribution < 1.29 is 32.3 Å². The Morgan fingerprint density at radius 2 is 1.74 bits per heavy atom. The molecule has 0 spiro atoms. The summed E-state index contributed by atoms with van der Waals surface area (Å²) < 4.78 is 39.5. The van der Waals surface area contributed by atoms with Crippen LogP contribution < -0.4 is 0 Å². The summed E-state index contributed by atoms with van der Waals surface area (Å²) in [4.78, 5) is 26.5. The standard InChI is InChI=1S/C27H26F2NO4S/c28-21-8-6-19(7-9-21)26(20-3-1-4-22(29)15-20)34-27(32)33-24-17-30(12-10-18(24)11-13-30)16-23(31)25-5-2-14-35-25/h1-9,14-15,18,24,26H,10-13,16-17H2/q+1/t18?,24-,26?,30?/m0/s1. The largest absolute Gasteiger partial charge is 0.509 e. The van der Waals surface area contributed by atoms with Crippen molar-refractivity contribution in [3.05, 3.63) is 93.7 Å². The second kappa shape index (κ2) is 9.87. The summed E-state index contributed by atoms with van der Waals surface area (Å²) in [5.74, 6) is -0.555. The molecular formula is C27H26F2NO4S+.